The summed E-state index contributed by atoms with van der Waals surface area (Å²) >= 11 is 5.67. The van der Waals surface area contributed by atoms with E-state index in [1.807, 2.05) is 13.1 Å². The fourth-order valence-corrected chi connectivity index (χ4v) is 4.56. The molecule has 1 fully saturated rings. The van der Waals surface area contributed by atoms with Gasteiger partial charge in [0.1, 0.15) is 17.3 Å². The minimum Gasteiger partial charge on any atom is -0.457 e. The molecule has 2 N–H and O–H groups in total. The predicted octanol–water partition coefficient (Wildman–Crippen LogP) is 7.37. The molecule has 0 spiro atoms. The molecule has 0 atom stereocenters. The standard InChI is InChI=1S/C29H25ClF3N5O3.CH4/c1-37-10-12-38(13-11-37)28(40)36-26-17-23(8-9-34-26)41-22-6-4-18-2-3-19(14-20(18)15-22)27(39)35-21-5-7-25(30)24(16-21)29(31,32)33;/h2-9,14-17H,10-13H2,1H3,(H,35,39)(H,34,36,40);1H4. The van der Waals surface area contributed by atoms with E-state index in [1.165, 1.54) is 12.3 Å². The number of urea groups is 1. The zero-order valence-corrected chi connectivity index (χ0v) is 22.6. The first kappa shape index (κ1) is 30.6. The molecule has 3 amide bonds. The molecule has 0 radical (unpaired) electrons. The summed E-state index contributed by atoms with van der Waals surface area (Å²) in [5, 5.41) is 6.35. The Bertz CT molecular complexity index is 1610. The van der Waals surface area contributed by atoms with Gasteiger partial charge in [-0.15, -0.1) is 0 Å². The van der Waals surface area contributed by atoms with Crippen molar-refractivity contribution in [1.29, 1.82) is 0 Å². The summed E-state index contributed by atoms with van der Waals surface area (Å²) in [4.78, 5) is 33.5. The highest BCUT2D eigenvalue weighted by Gasteiger charge is 2.33. The van der Waals surface area contributed by atoms with Crippen molar-refractivity contribution in [3.63, 3.8) is 0 Å². The molecular formula is C30H29ClF3N5O3. The quantitative estimate of drug-likeness (QED) is 0.250. The van der Waals surface area contributed by atoms with Crippen LogP contribution in [0.1, 0.15) is 23.3 Å². The minimum absolute atomic E-state index is 0. The molecular weight excluding hydrogens is 571 g/mol. The highest BCUT2D eigenvalue weighted by molar-refractivity contribution is 6.31. The fourth-order valence-electron chi connectivity index (χ4n) is 4.33. The van der Waals surface area contributed by atoms with Crippen molar-refractivity contribution in [3.8, 4) is 11.5 Å². The molecule has 8 nitrogen and oxygen atoms in total. The molecule has 42 heavy (non-hydrogen) atoms. The molecule has 1 saturated heterocycles. The molecule has 0 unspecified atom stereocenters. The van der Waals surface area contributed by atoms with Crippen molar-refractivity contribution in [2.24, 2.45) is 0 Å². The maximum absolute atomic E-state index is 13.2. The van der Waals surface area contributed by atoms with Crippen LogP contribution in [0.15, 0.2) is 72.9 Å². The number of likely N-dealkylation sites (N-methyl/N-ethyl adjacent to an activating group) is 1. The number of ether oxygens (including phenoxy) is 1. The summed E-state index contributed by atoms with van der Waals surface area (Å²) in [7, 11) is 2.01. The molecule has 1 aliphatic heterocycles. The van der Waals surface area contributed by atoms with Crippen molar-refractivity contribution in [1.82, 2.24) is 14.8 Å². The number of halogens is 4. The third-order valence-corrected chi connectivity index (χ3v) is 6.93. The van der Waals surface area contributed by atoms with Crippen molar-refractivity contribution < 1.29 is 27.5 Å². The maximum atomic E-state index is 13.2. The van der Waals surface area contributed by atoms with Crippen LogP contribution in [0.4, 0.5) is 29.5 Å². The number of rotatable bonds is 5. The molecule has 1 aromatic heterocycles. The van der Waals surface area contributed by atoms with E-state index in [0.717, 1.165) is 30.6 Å². The van der Waals surface area contributed by atoms with Gasteiger partial charge in [0.15, 0.2) is 0 Å². The molecule has 3 aromatic carbocycles. The van der Waals surface area contributed by atoms with Crippen LogP contribution in [0.5, 0.6) is 11.5 Å². The first-order valence-electron chi connectivity index (χ1n) is 12.7. The first-order valence-corrected chi connectivity index (χ1v) is 13.0. The maximum Gasteiger partial charge on any atom is 0.417 e. The van der Waals surface area contributed by atoms with Crippen LogP contribution in [0, 0.1) is 0 Å². The molecule has 12 heteroatoms. The molecule has 5 rings (SSSR count). The normalized spacial score (nSPS) is 13.8. The van der Waals surface area contributed by atoms with Gasteiger partial charge in [0.2, 0.25) is 0 Å². The van der Waals surface area contributed by atoms with Crippen LogP contribution in [-0.4, -0.2) is 59.9 Å². The van der Waals surface area contributed by atoms with Crippen LogP contribution < -0.4 is 15.4 Å². The highest BCUT2D eigenvalue weighted by Crippen LogP contribution is 2.36. The predicted molar refractivity (Wildman–Crippen MR) is 157 cm³/mol. The highest BCUT2D eigenvalue weighted by atomic mass is 35.5. The Kier molecular flexibility index (Phi) is 9.23. The van der Waals surface area contributed by atoms with E-state index in [9.17, 15) is 22.8 Å². The van der Waals surface area contributed by atoms with E-state index in [4.69, 9.17) is 16.3 Å². The smallest absolute Gasteiger partial charge is 0.417 e. The first-order chi connectivity index (χ1) is 19.5. The second-order valence-corrected chi connectivity index (χ2v) is 9.98. The molecule has 1 aliphatic rings. The summed E-state index contributed by atoms with van der Waals surface area (Å²) in [6, 6.07) is 16.5. The van der Waals surface area contributed by atoms with Crippen LogP contribution >= 0.6 is 11.6 Å². The SMILES string of the molecule is C.CN1CCN(C(=O)Nc2cc(Oc3ccc4ccc(C(=O)Nc5ccc(Cl)c(C(F)(F)F)c5)cc4c3)ccn2)CC1. The number of fused-ring (bicyclic) bond motifs is 1. The van der Waals surface area contributed by atoms with Gasteiger partial charge >= 0.3 is 12.2 Å². The van der Waals surface area contributed by atoms with Gasteiger partial charge in [-0.3, -0.25) is 10.1 Å². The number of nitrogens with zero attached hydrogens (tertiary/aromatic N) is 3. The van der Waals surface area contributed by atoms with E-state index in [1.54, 1.807) is 47.4 Å². The number of aromatic nitrogens is 1. The number of amides is 3. The number of carbonyl (C=O) groups excluding carboxylic acids is 2. The molecule has 220 valence electrons. The Morgan fingerprint density at radius 1 is 0.881 bits per heavy atom. The summed E-state index contributed by atoms with van der Waals surface area (Å²) in [6.45, 7) is 2.86. The van der Waals surface area contributed by atoms with E-state index in [2.05, 4.69) is 20.5 Å². The fraction of sp³-hybridized carbons (Fsp3) is 0.233. The molecule has 0 aliphatic carbocycles. The van der Waals surface area contributed by atoms with Crippen molar-refractivity contribution in [2.45, 2.75) is 13.6 Å². The van der Waals surface area contributed by atoms with E-state index in [0.29, 0.717) is 35.8 Å². The number of nitrogens with one attached hydrogen (secondary N) is 2. The Labute approximate surface area is 246 Å². The average molecular weight is 600 g/mol. The Hall–Kier alpha value is -4.35. The topological polar surface area (TPSA) is 86.8 Å². The van der Waals surface area contributed by atoms with Crippen molar-refractivity contribution in [3.05, 3.63) is 89.1 Å². The Balaban J connectivity index is 0.00000405. The lowest BCUT2D eigenvalue weighted by Crippen LogP contribution is -2.48. The van der Waals surface area contributed by atoms with Gasteiger partial charge in [-0.05, 0) is 66.4 Å². The number of alkyl halides is 3. The number of hydrogen-bond acceptors (Lipinski definition) is 5. The molecule has 0 saturated carbocycles. The third-order valence-electron chi connectivity index (χ3n) is 6.60. The lowest BCUT2D eigenvalue weighted by atomic mass is 10.1. The number of carbonyl (C=O) groups is 2. The third kappa shape index (κ3) is 7.29. The lowest BCUT2D eigenvalue weighted by molar-refractivity contribution is -0.137. The number of anilines is 2. The zero-order chi connectivity index (χ0) is 29.1. The monoisotopic (exact) mass is 599 g/mol. The van der Waals surface area contributed by atoms with Gasteiger partial charge in [0.05, 0.1) is 10.6 Å². The number of hydrogen-bond donors (Lipinski definition) is 2. The van der Waals surface area contributed by atoms with E-state index < -0.39 is 22.7 Å². The zero-order valence-electron chi connectivity index (χ0n) is 21.8. The van der Waals surface area contributed by atoms with Gasteiger partial charge < -0.3 is 19.9 Å². The molecule has 2 heterocycles. The van der Waals surface area contributed by atoms with Gasteiger partial charge in [0.25, 0.3) is 5.91 Å². The minimum atomic E-state index is -4.65. The van der Waals surface area contributed by atoms with Gasteiger partial charge in [-0.1, -0.05) is 31.2 Å². The van der Waals surface area contributed by atoms with E-state index in [-0.39, 0.29) is 24.7 Å². The number of benzene rings is 3. The number of piperazine rings is 1. The van der Waals surface area contributed by atoms with Gasteiger partial charge in [0, 0.05) is 49.7 Å². The van der Waals surface area contributed by atoms with E-state index >= 15 is 0 Å². The summed E-state index contributed by atoms with van der Waals surface area (Å²) in [5.74, 6) is 0.695. The van der Waals surface area contributed by atoms with Gasteiger partial charge in [-0.25, -0.2) is 9.78 Å². The Morgan fingerprint density at radius 2 is 1.60 bits per heavy atom. The second-order valence-electron chi connectivity index (χ2n) is 9.57. The summed E-state index contributed by atoms with van der Waals surface area (Å²) in [5.41, 5.74) is -0.816. The largest absolute Gasteiger partial charge is 0.457 e. The van der Waals surface area contributed by atoms with Crippen LogP contribution in [0.25, 0.3) is 10.8 Å². The molecule has 0 bridgehead atoms. The van der Waals surface area contributed by atoms with Gasteiger partial charge in [-0.2, -0.15) is 13.2 Å². The van der Waals surface area contributed by atoms with Crippen molar-refractivity contribution in [2.75, 3.05) is 43.9 Å². The van der Waals surface area contributed by atoms with Crippen molar-refractivity contribution >= 4 is 45.8 Å². The number of pyridine rings is 1. The van der Waals surface area contributed by atoms with Crippen LogP contribution in [0.2, 0.25) is 5.02 Å². The molecule has 4 aromatic rings. The second kappa shape index (κ2) is 12.7. The summed E-state index contributed by atoms with van der Waals surface area (Å²) < 4.78 is 45.6. The van der Waals surface area contributed by atoms with Crippen LogP contribution in [-0.2, 0) is 6.18 Å². The Morgan fingerprint density at radius 3 is 2.33 bits per heavy atom. The summed E-state index contributed by atoms with van der Waals surface area (Å²) in [6.07, 6.45) is -3.12. The average Bonchev–Trinajstić information content (AvgIpc) is 2.93. The van der Waals surface area contributed by atoms with Crippen LogP contribution in [0.3, 0.4) is 0 Å². The lowest BCUT2D eigenvalue weighted by Gasteiger charge is -2.32.